The average Bonchev–Trinajstić information content (AvgIpc) is 2.96. The molecule has 0 spiro atoms. The van der Waals surface area contributed by atoms with E-state index in [-0.39, 0.29) is 5.91 Å². The lowest BCUT2D eigenvalue weighted by Crippen LogP contribution is -2.49. The van der Waals surface area contributed by atoms with Crippen molar-refractivity contribution in [3.05, 3.63) is 40.1 Å². The molecular weight excluding hydrogens is 325 g/mol. The average molecular weight is 340 g/mol. The second kappa shape index (κ2) is 6.14. The number of benzene rings is 1. The number of hydrogen-bond donors (Lipinski definition) is 0. The second-order valence-electron chi connectivity index (χ2n) is 5.13. The van der Waals surface area contributed by atoms with E-state index in [1.54, 1.807) is 24.2 Å². The van der Waals surface area contributed by atoms with Crippen LogP contribution in [-0.2, 0) is 7.05 Å². The predicted octanol–water partition coefficient (Wildman–Crippen LogP) is 2.08. The summed E-state index contributed by atoms with van der Waals surface area (Å²) in [7, 11) is 1.74. The molecule has 1 fully saturated rings. The fraction of sp³-hybridized carbons (Fsp3) is 0.357. The van der Waals surface area contributed by atoms with Crippen LogP contribution in [0.5, 0.6) is 0 Å². The van der Waals surface area contributed by atoms with E-state index in [4.69, 9.17) is 23.2 Å². The number of rotatable bonds is 2. The molecule has 1 saturated heterocycles. The Morgan fingerprint density at radius 2 is 1.91 bits per heavy atom. The van der Waals surface area contributed by atoms with Gasteiger partial charge in [-0.3, -0.25) is 9.48 Å². The number of hydrogen-bond acceptors (Lipinski definition) is 4. The lowest BCUT2D eigenvalue weighted by Gasteiger charge is -2.36. The highest BCUT2D eigenvalue weighted by molar-refractivity contribution is 6.43. The van der Waals surface area contributed by atoms with E-state index in [0.29, 0.717) is 41.9 Å². The van der Waals surface area contributed by atoms with Gasteiger partial charge >= 0.3 is 0 Å². The molecule has 1 aliphatic rings. The highest BCUT2D eigenvalue weighted by atomic mass is 35.5. The first-order chi connectivity index (χ1) is 10.6. The summed E-state index contributed by atoms with van der Waals surface area (Å²) < 4.78 is 1.52. The molecule has 0 aliphatic carbocycles. The van der Waals surface area contributed by atoms with Gasteiger partial charge in [0.2, 0.25) is 0 Å². The molecule has 116 valence electrons. The number of carbonyl (C=O) groups is 1. The molecular formula is C14H15Cl2N5O. The van der Waals surface area contributed by atoms with Crippen molar-refractivity contribution in [3.8, 4) is 0 Å². The molecule has 1 aromatic carbocycles. The molecule has 0 N–H and O–H groups in total. The standard InChI is InChI=1S/C14H15Cl2N5O/c1-19-9-11(17-18-19)14(22)21-7-5-20(6-8-21)12-4-2-3-10(15)13(12)16/h2-4,9H,5-8H2,1H3. The number of anilines is 1. The fourth-order valence-corrected chi connectivity index (χ4v) is 2.91. The van der Waals surface area contributed by atoms with Crippen LogP contribution in [0.4, 0.5) is 5.69 Å². The van der Waals surface area contributed by atoms with Gasteiger partial charge in [0, 0.05) is 33.2 Å². The van der Waals surface area contributed by atoms with Crippen LogP contribution >= 0.6 is 23.2 Å². The van der Waals surface area contributed by atoms with Crippen molar-refractivity contribution in [3.63, 3.8) is 0 Å². The van der Waals surface area contributed by atoms with Crippen molar-refractivity contribution < 1.29 is 4.79 Å². The Morgan fingerprint density at radius 1 is 1.18 bits per heavy atom. The number of halogens is 2. The van der Waals surface area contributed by atoms with Gasteiger partial charge in [-0.2, -0.15) is 0 Å². The van der Waals surface area contributed by atoms with Gasteiger partial charge < -0.3 is 9.80 Å². The SMILES string of the molecule is Cn1cc(C(=O)N2CCN(c3cccc(Cl)c3Cl)CC2)nn1. The van der Waals surface area contributed by atoms with Crippen LogP contribution in [0.1, 0.15) is 10.5 Å². The summed E-state index contributed by atoms with van der Waals surface area (Å²) in [5.41, 5.74) is 1.28. The number of carbonyl (C=O) groups excluding carboxylic acids is 1. The quantitative estimate of drug-likeness (QED) is 0.840. The number of nitrogens with zero attached hydrogens (tertiary/aromatic N) is 5. The molecule has 0 bridgehead atoms. The molecule has 22 heavy (non-hydrogen) atoms. The second-order valence-corrected chi connectivity index (χ2v) is 5.91. The topological polar surface area (TPSA) is 54.3 Å². The Bertz CT molecular complexity index is 694. The zero-order chi connectivity index (χ0) is 15.7. The zero-order valence-corrected chi connectivity index (χ0v) is 13.5. The minimum Gasteiger partial charge on any atom is -0.367 e. The molecule has 0 radical (unpaired) electrons. The normalized spacial score (nSPS) is 15.2. The van der Waals surface area contributed by atoms with Gasteiger partial charge in [0.25, 0.3) is 5.91 Å². The number of amides is 1. The molecule has 1 aliphatic heterocycles. The number of piperazine rings is 1. The van der Waals surface area contributed by atoms with Crippen molar-refractivity contribution in [1.29, 1.82) is 0 Å². The first kappa shape index (κ1) is 15.1. The molecule has 0 saturated carbocycles. The number of aryl methyl sites for hydroxylation is 1. The van der Waals surface area contributed by atoms with E-state index in [1.165, 1.54) is 4.68 Å². The minimum absolute atomic E-state index is 0.0926. The molecule has 3 rings (SSSR count). The molecule has 2 heterocycles. The van der Waals surface area contributed by atoms with Gasteiger partial charge in [0.1, 0.15) is 0 Å². The molecule has 0 atom stereocenters. The van der Waals surface area contributed by atoms with Crippen LogP contribution in [0.25, 0.3) is 0 Å². The van der Waals surface area contributed by atoms with Crippen molar-refractivity contribution in [2.45, 2.75) is 0 Å². The van der Waals surface area contributed by atoms with E-state index >= 15 is 0 Å². The van der Waals surface area contributed by atoms with E-state index in [9.17, 15) is 4.79 Å². The van der Waals surface area contributed by atoms with Crippen molar-refractivity contribution >= 4 is 34.8 Å². The Kier molecular flexibility index (Phi) is 4.22. The third-order valence-corrected chi connectivity index (χ3v) is 4.47. The highest BCUT2D eigenvalue weighted by Crippen LogP contribution is 2.32. The van der Waals surface area contributed by atoms with Crippen LogP contribution in [-0.4, -0.2) is 52.0 Å². The van der Waals surface area contributed by atoms with Crippen molar-refractivity contribution in [2.75, 3.05) is 31.1 Å². The van der Waals surface area contributed by atoms with E-state index in [0.717, 1.165) is 5.69 Å². The van der Waals surface area contributed by atoms with Crippen LogP contribution in [0.3, 0.4) is 0 Å². The molecule has 2 aromatic rings. The van der Waals surface area contributed by atoms with Gasteiger partial charge in [-0.15, -0.1) is 5.10 Å². The summed E-state index contributed by atoms with van der Waals surface area (Å²) in [4.78, 5) is 16.2. The summed E-state index contributed by atoms with van der Waals surface area (Å²) in [6, 6.07) is 5.58. The minimum atomic E-state index is -0.0926. The highest BCUT2D eigenvalue weighted by Gasteiger charge is 2.25. The Balaban J connectivity index is 1.67. The van der Waals surface area contributed by atoms with Gasteiger partial charge in [-0.25, -0.2) is 0 Å². The lowest BCUT2D eigenvalue weighted by atomic mass is 10.2. The summed E-state index contributed by atoms with van der Waals surface area (Å²) in [6.07, 6.45) is 1.63. The zero-order valence-electron chi connectivity index (χ0n) is 12.0. The van der Waals surface area contributed by atoms with E-state index in [1.807, 2.05) is 12.1 Å². The Morgan fingerprint density at radius 3 is 2.55 bits per heavy atom. The lowest BCUT2D eigenvalue weighted by molar-refractivity contribution is 0.0740. The maximum Gasteiger partial charge on any atom is 0.276 e. The molecule has 0 unspecified atom stereocenters. The van der Waals surface area contributed by atoms with E-state index in [2.05, 4.69) is 15.2 Å². The third kappa shape index (κ3) is 2.89. The first-order valence-electron chi connectivity index (χ1n) is 6.91. The summed E-state index contributed by atoms with van der Waals surface area (Å²) >= 11 is 12.3. The van der Waals surface area contributed by atoms with E-state index < -0.39 is 0 Å². The number of aromatic nitrogens is 3. The van der Waals surface area contributed by atoms with Gasteiger partial charge in [0.05, 0.1) is 21.9 Å². The van der Waals surface area contributed by atoms with Crippen LogP contribution in [0, 0.1) is 0 Å². The molecule has 8 heteroatoms. The van der Waals surface area contributed by atoms with Gasteiger partial charge in [0.15, 0.2) is 5.69 Å². The van der Waals surface area contributed by atoms with Crippen LogP contribution in [0.15, 0.2) is 24.4 Å². The van der Waals surface area contributed by atoms with Gasteiger partial charge in [-0.05, 0) is 12.1 Å². The first-order valence-corrected chi connectivity index (χ1v) is 7.66. The predicted molar refractivity (Wildman–Crippen MR) is 85.6 cm³/mol. The largest absolute Gasteiger partial charge is 0.367 e. The van der Waals surface area contributed by atoms with Crippen LogP contribution in [0.2, 0.25) is 10.0 Å². The fourth-order valence-electron chi connectivity index (χ4n) is 2.49. The molecule has 6 nitrogen and oxygen atoms in total. The van der Waals surface area contributed by atoms with Crippen LogP contribution < -0.4 is 4.90 Å². The van der Waals surface area contributed by atoms with Crippen molar-refractivity contribution in [2.24, 2.45) is 7.05 Å². The monoisotopic (exact) mass is 339 g/mol. The Hall–Kier alpha value is -1.79. The van der Waals surface area contributed by atoms with Crippen molar-refractivity contribution in [1.82, 2.24) is 19.9 Å². The summed E-state index contributed by atoms with van der Waals surface area (Å²) in [6.45, 7) is 2.62. The third-order valence-electron chi connectivity index (χ3n) is 3.66. The maximum atomic E-state index is 12.3. The van der Waals surface area contributed by atoms with Gasteiger partial charge in [-0.1, -0.05) is 34.5 Å². The molecule has 1 aromatic heterocycles. The smallest absolute Gasteiger partial charge is 0.276 e. The summed E-state index contributed by atoms with van der Waals surface area (Å²) in [5.74, 6) is -0.0926. The Labute approximate surface area is 138 Å². The summed E-state index contributed by atoms with van der Waals surface area (Å²) in [5, 5.41) is 8.75. The maximum absolute atomic E-state index is 12.3. The molecule has 1 amide bonds.